The zero-order chi connectivity index (χ0) is 11.5. The van der Waals surface area contributed by atoms with Crippen molar-refractivity contribution in [2.45, 2.75) is 32.4 Å². The first-order chi connectivity index (χ1) is 7.65. The molecule has 1 saturated carbocycles. The Labute approximate surface area is 97.0 Å². The third-order valence-corrected chi connectivity index (χ3v) is 2.79. The van der Waals surface area contributed by atoms with Gasteiger partial charge in [0.05, 0.1) is 6.04 Å². The van der Waals surface area contributed by atoms with Crippen LogP contribution in [0.5, 0.6) is 0 Å². The van der Waals surface area contributed by atoms with Crippen molar-refractivity contribution in [2.24, 2.45) is 10.7 Å². The molecule has 0 aromatic heterocycles. The number of guanidine groups is 1. The van der Waals surface area contributed by atoms with Crippen molar-refractivity contribution in [3.05, 3.63) is 35.4 Å². The molecule has 0 saturated heterocycles. The molecule has 0 heterocycles. The molecule has 1 fully saturated rings. The highest BCUT2D eigenvalue weighted by Crippen LogP contribution is 2.23. The minimum atomic E-state index is 0.487. The van der Waals surface area contributed by atoms with Crippen LogP contribution in [0.3, 0.4) is 0 Å². The lowest BCUT2D eigenvalue weighted by atomic mass is 10.1. The highest BCUT2D eigenvalue weighted by atomic mass is 15.2. The second-order valence-electron chi connectivity index (χ2n) is 4.56. The molecule has 0 aliphatic heterocycles. The smallest absolute Gasteiger partial charge is 0.191 e. The van der Waals surface area contributed by atoms with Crippen LogP contribution in [-0.2, 0) is 6.54 Å². The van der Waals surface area contributed by atoms with Crippen molar-refractivity contribution >= 4 is 5.96 Å². The number of hydrogen-bond acceptors (Lipinski definition) is 1. The topological polar surface area (TPSA) is 41.6 Å². The first kappa shape index (κ1) is 11.0. The average Bonchev–Trinajstić information content (AvgIpc) is 3.05. The van der Waals surface area contributed by atoms with Gasteiger partial charge in [-0.3, -0.25) is 0 Å². The zero-order valence-electron chi connectivity index (χ0n) is 9.98. The van der Waals surface area contributed by atoms with Crippen LogP contribution in [0.1, 0.15) is 24.0 Å². The highest BCUT2D eigenvalue weighted by molar-refractivity contribution is 5.78. The maximum absolute atomic E-state index is 5.91. The number of benzene rings is 1. The number of rotatable bonds is 3. The first-order valence-corrected chi connectivity index (χ1v) is 5.75. The molecule has 1 aliphatic rings. The monoisotopic (exact) mass is 217 g/mol. The van der Waals surface area contributed by atoms with Gasteiger partial charge in [-0.05, 0) is 25.3 Å². The summed E-state index contributed by atoms with van der Waals surface area (Å²) in [5, 5.41) is 0. The van der Waals surface area contributed by atoms with Crippen molar-refractivity contribution < 1.29 is 0 Å². The number of aryl methyl sites for hydroxylation is 1. The minimum Gasteiger partial charge on any atom is -0.370 e. The van der Waals surface area contributed by atoms with Crippen LogP contribution in [0.25, 0.3) is 0 Å². The molecule has 3 heteroatoms. The fraction of sp³-hybridized carbons (Fsp3) is 0.462. The lowest BCUT2D eigenvalue weighted by molar-refractivity contribution is 0.492. The van der Waals surface area contributed by atoms with Gasteiger partial charge in [0.25, 0.3) is 0 Å². The number of nitrogens with zero attached hydrogens (tertiary/aromatic N) is 2. The van der Waals surface area contributed by atoms with Crippen LogP contribution in [0.4, 0.5) is 0 Å². The molecule has 0 unspecified atom stereocenters. The molecule has 0 radical (unpaired) electrons. The molecule has 1 aliphatic carbocycles. The molecule has 2 N–H and O–H groups in total. The molecule has 0 spiro atoms. The van der Waals surface area contributed by atoms with E-state index in [-0.39, 0.29) is 0 Å². The summed E-state index contributed by atoms with van der Waals surface area (Å²) in [6.07, 6.45) is 2.39. The molecule has 0 bridgehead atoms. The second kappa shape index (κ2) is 4.56. The Morgan fingerprint density at radius 3 is 2.56 bits per heavy atom. The Balaban J connectivity index is 1.95. The van der Waals surface area contributed by atoms with Gasteiger partial charge < -0.3 is 10.6 Å². The Morgan fingerprint density at radius 2 is 2.00 bits per heavy atom. The lowest BCUT2D eigenvalue weighted by Gasteiger charge is -2.18. The van der Waals surface area contributed by atoms with Gasteiger partial charge in [-0.2, -0.15) is 0 Å². The number of aliphatic imine (C=N–C) groups is 1. The van der Waals surface area contributed by atoms with E-state index >= 15 is 0 Å². The van der Waals surface area contributed by atoms with Crippen molar-refractivity contribution in [1.29, 1.82) is 0 Å². The molecule has 3 nitrogen and oxygen atoms in total. The van der Waals surface area contributed by atoms with Crippen LogP contribution in [-0.4, -0.2) is 23.9 Å². The van der Waals surface area contributed by atoms with Gasteiger partial charge in [-0.15, -0.1) is 0 Å². The number of nitrogens with two attached hydrogens (primary N) is 1. The van der Waals surface area contributed by atoms with Gasteiger partial charge in [-0.1, -0.05) is 29.8 Å². The fourth-order valence-corrected chi connectivity index (χ4v) is 1.54. The Kier molecular flexibility index (Phi) is 3.13. The maximum Gasteiger partial charge on any atom is 0.191 e. The van der Waals surface area contributed by atoms with E-state index in [0.29, 0.717) is 12.0 Å². The third-order valence-electron chi connectivity index (χ3n) is 2.79. The minimum absolute atomic E-state index is 0.487. The van der Waals surface area contributed by atoms with E-state index in [2.05, 4.69) is 36.2 Å². The van der Waals surface area contributed by atoms with E-state index in [9.17, 15) is 0 Å². The predicted molar refractivity (Wildman–Crippen MR) is 67.3 cm³/mol. The molecule has 0 amide bonds. The summed E-state index contributed by atoms with van der Waals surface area (Å²) >= 11 is 0. The standard InChI is InChI=1S/C13H19N3/c1-10-3-5-11(6-4-10)9-16(2)13(14)15-12-7-8-12/h3-6,12H,7-9H2,1-2H3,(H2,14,15). The molecular formula is C13H19N3. The molecule has 16 heavy (non-hydrogen) atoms. The van der Waals surface area contributed by atoms with Crippen molar-refractivity contribution in [3.8, 4) is 0 Å². The zero-order valence-corrected chi connectivity index (χ0v) is 9.98. The summed E-state index contributed by atoms with van der Waals surface area (Å²) in [6, 6.07) is 9.00. The first-order valence-electron chi connectivity index (χ1n) is 5.75. The summed E-state index contributed by atoms with van der Waals surface area (Å²) in [5.41, 5.74) is 8.46. The normalized spacial score (nSPS) is 16.2. The van der Waals surface area contributed by atoms with Gasteiger partial charge in [0.15, 0.2) is 5.96 Å². The van der Waals surface area contributed by atoms with Crippen molar-refractivity contribution in [2.75, 3.05) is 7.05 Å². The lowest BCUT2D eigenvalue weighted by Crippen LogP contribution is -2.33. The Bertz CT molecular complexity index is 377. The SMILES string of the molecule is Cc1ccc(CN(C)C(N)=NC2CC2)cc1. The van der Waals surface area contributed by atoms with Crippen LogP contribution in [0.15, 0.2) is 29.3 Å². The molecule has 0 atom stereocenters. The molecule has 86 valence electrons. The Morgan fingerprint density at radius 1 is 1.38 bits per heavy atom. The summed E-state index contributed by atoms with van der Waals surface area (Å²) in [5.74, 6) is 0.656. The fourth-order valence-electron chi connectivity index (χ4n) is 1.54. The van der Waals surface area contributed by atoms with E-state index in [1.807, 2.05) is 11.9 Å². The third kappa shape index (κ3) is 2.99. The van der Waals surface area contributed by atoms with E-state index in [0.717, 1.165) is 6.54 Å². The predicted octanol–water partition coefficient (Wildman–Crippen LogP) is 1.90. The van der Waals surface area contributed by atoms with Crippen molar-refractivity contribution in [3.63, 3.8) is 0 Å². The van der Waals surface area contributed by atoms with E-state index < -0.39 is 0 Å². The highest BCUT2D eigenvalue weighted by Gasteiger charge is 2.21. The summed E-state index contributed by atoms with van der Waals surface area (Å²) in [4.78, 5) is 6.43. The van der Waals surface area contributed by atoms with Gasteiger partial charge in [-0.25, -0.2) is 4.99 Å². The van der Waals surface area contributed by atoms with Gasteiger partial charge in [0.2, 0.25) is 0 Å². The second-order valence-corrected chi connectivity index (χ2v) is 4.56. The average molecular weight is 217 g/mol. The van der Waals surface area contributed by atoms with Gasteiger partial charge in [0, 0.05) is 13.6 Å². The van der Waals surface area contributed by atoms with E-state index in [1.165, 1.54) is 24.0 Å². The maximum atomic E-state index is 5.91. The molecule has 1 aromatic carbocycles. The Hall–Kier alpha value is -1.51. The molecule has 2 rings (SSSR count). The summed E-state index contributed by atoms with van der Waals surface area (Å²) < 4.78 is 0. The summed E-state index contributed by atoms with van der Waals surface area (Å²) in [7, 11) is 1.99. The largest absolute Gasteiger partial charge is 0.370 e. The van der Waals surface area contributed by atoms with Crippen LogP contribution < -0.4 is 5.73 Å². The van der Waals surface area contributed by atoms with Crippen molar-refractivity contribution in [1.82, 2.24) is 4.90 Å². The quantitative estimate of drug-likeness (QED) is 0.620. The van der Waals surface area contributed by atoms with Gasteiger partial charge >= 0.3 is 0 Å². The van der Waals surface area contributed by atoms with Crippen LogP contribution in [0, 0.1) is 6.92 Å². The summed E-state index contributed by atoms with van der Waals surface area (Å²) in [6.45, 7) is 2.92. The van der Waals surface area contributed by atoms with Gasteiger partial charge in [0.1, 0.15) is 0 Å². The number of hydrogen-bond donors (Lipinski definition) is 1. The van der Waals surface area contributed by atoms with Crippen LogP contribution >= 0.6 is 0 Å². The van der Waals surface area contributed by atoms with Crippen LogP contribution in [0.2, 0.25) is 0 Å². The van der Waals surface area contributed by atoms with E-state index in [4.69, 9.17) is 5.73 Å². The van der Waals surface area contributed by atoms with E-state index in [1.54, 1.807) is 0 Å². The molecular weight excluding hydrogens is 198 g/mol. The molecule has 1 aromatic rings.